The van der Waals surface area contributed by atoms with Crippen LogP contribution in [0, 0.1) is 12.7 Å². The number of nitrogens with one attached hydrogen (secondary N) is 2. The number of aromatic amines is 1. The van der Waals surface area contributed by atoms with E-state index in [9.17, 15) is 9.18 Å². The van der Waals surface area contributed by atoms with Gasteiger partial charge in [0.1, 0.15) is 5.82 Å². The van der Waals surface area contributed by atoms with Crippen molar-refractivity contribution >= 4 is 28.1 Å². The highest BCUT2D eigenvalue weighted by Gasteiger charge is 2.07. The standard InChI is InChI=1S/C12H10BrFN4O/c1-7-4-11(17-16-7)12(19)18-15-6-8-5-9(13)2-3-10(8)14/h2-6H,1H3,(H,16,17)(H,18,19)/b15-6-. The molecule has 2 aromatic rings. The van der Waals surface area contributed by atoms with Crippen molar-refractivity contribution in [2.24, 2.45) is 5.10 Å². The molecule has 1 aromatic carbocycles. The summed E-state index contributed by atoms with van der Waals surface area (Å²) in [4.78, 5) is 11.6. The minimum absolute atomic E-state index is 0.226. The second-order valence-corrected chi connectivity index (χ2v) is 4.72. The largest absolute Gasteiger partial charge is 0.291 e. The molecule has 1 amide bonds. The Morgan fingerprint density at radius 2 is 2.32 bits per heavy atom. The van der Waals surface area contributed by atoms with E-state index in [4.69, 9.17) is 0 Å². The second-order valence-electron chi connectivity index (χ2n) is 3.80. The van der Waals surface area contributed by atoms with Gasteiger partial charge in [0.25, 0.3) is 5.91 Å². The molecule has 7 heteroatoms. The zero-order chi connectivity index (χ0) is 13.8. The molecule has 19 heavy (non-hydrogen) atoms. The summed E-state index contributed by atoms with van der Waals surface area (Å²) in [6, 6.07) is 6.04. The Morgan fingerprint density at radius 1 is 1.53 bits per heavy atom. The Morgan fingerprint density at radius 3 is 3.00 bits per heavy atom. The van der Waals surface area contributed by atoms with Gasteiger partial charge in [0.15, 0.2) is 5.69 Å². The number of carbonyl (C=O) groups is 1. The number of benzene rings is 1. The van der Waals surface area contributed by atoms with E-state index >= 15 is 0 Å². The van der Waals surface area contributed by atoms with E-state index in [0.717, 1.165) is 10.2 Å². The number of hydrogen-bond donors (Lipinski definition) is 2. The van der Waals surface area contributed by atoms with Crippen molar-refractivity contribution in [2.75, 3.05) is 0 Å². The third kappa shape index (κ3) is 3.47. The quantitative estimate of drug-likeness (QED) is 0.672. The van der Waals surface area contributed by atoms with E-state index in [1.807, 2.05) is 0 Å². The maximum atomic E-state index is 13.4. The fourth-order valence-corrected chi connectivity index (χ4v) is 1.74. The predicted molar refractivity (Wildman–Crippen MR) is 72.5 cm³/mol. The van der Waals surface area contributed by atoms with Gasteiger partial charge in [-0.1, -0.05) is 15.9 Å². The summed E-state index contributed by atoms with van der Waals surface area (Å²) < 4.78 is 14.1. The first kappa shape index (κ1) is 13.4. The van der Waals surface area contributed by atoms with Crippen LogP contribution in [-0.2, 0) is 0 Å². The number of H-pyrrole nitrogens is 1. The van der Waals surface area contributed by atoms with Gasteiger partial charge < -0.3 is 0 Å². The zero-order valence-corrected chi connectivity index (χ0v) is 11.5. The lowest BCUT2D eigenvalue weighted by atomic mass is 10.2. The van der Waals surface area contributed by atoms with Gasteiger partial charge in [0, 0.05) is 15.7 Å². The maximum absolute atomic E-state index is 13.4. The molecule has 0 radical (unpaired) electrons. The summed E-state index contributed by atoms with van der Waals surface area (Å²) in [5, 5.41) is 10.1. The van der Waals surface area contributed by atoms with Crippen LogP contribution < -0.4 is 5.43 Å². The number of rotatable bonds is 3. The first-order valence-electron chi connectivity index (χ1n) is 5.37. The van der Waals surface area contributed by atoms with Crippen LogP contribution in [0.5, 0.6) is 0 Å². The van der Waals surface area contributed by atoms with Gasteiger partial charge in [-0.3, -0.25) is 9.89 Å². The van der Waals surface area contributed by atoms with E-state index < -0.39 is 11.7 Å². The topological polar surface area (TPSA) is 70.1 Å². The van der Waals surface area contributed by atoms with E-state index in [0.29, 0.717) is 0 Å². The van der Waals surface area contributed by atoms with Gasteiger partial charge in [-0.05, 0) is 31.2 Å². The molecule has 1 aromatic heterocycles. The van der Waals surface area contributed by atoms with Crippen LogP contribution >= 0.6 is 15.9 Å². The van der Waals surface area contributed by atoms with Gasteiger partial charge in [-0.2, -0.15) is 10.2 Å². The number of aromatic nitrogens is 2. The molecular formula is C12H10BrFN4O. The van der Waals surface area contributed by atoms with Crippen LogP contribution in [0.15, 0.2) is 33.8 Å². The summed E-state index contributed by atoms with van der Waals surface area (Å²) in [5.41, 5.74) is 3.54. The van der Waals surface area contributed by atoms with Crippen LogP contribution in [0.25, 0.3) is 0 Å². The van der Waals surface area contributed by atoms with E-state index in [-0.39, 0.29) is 11.3 Å². The molecule has 0 saturated heterocycles. The second kappa shape index (κ2) is 5.75. The lowest BCUT2D eigenvalue weighted by Crippen LogP contribution is -2.18. The molecule has 0 spiro atoms. The molecule has 0 aliphatic carbocycles. The lowest BCUT2D eigenvalue weighted by Gasteiger charge is -1.98. The van der Waals surface area contributed by atoms with Crippen molar-refractivity contribution < 1.29 is 9.18 Å². The summed E-state index contributed by atoms with van der Waals surface area (Å²) in [5.74, 6) is -0.882. The molecule has 2 rings (SSSR count). The maximum Gasteiger partial charge on any atom is 0.291 e. The molecule has 0 fully saturated rings. The minimum Gasteiger partial charge on any atom is -0.282 e. The smallest absolute Gasteiger partial charge is 0.282 e. The monoisotopic (exact) mass is 324 g/mol. The summed E-state index contributed by atoms with van der Waals surface area (Å²) in [6.07, 6.45) is 1.23. The number of amides is 1. The first-order valence-corrected chi connectivity index (χ1v) is 6.16. The Labute approximate surface area is 117 Å². The highest BCUT2D eigenvalue weighted by atomic mass is 79.9. The van der Waals surface area contributed by atoms with E-state index in [1.165, 1.54) is 12.3 Å². The summed E-state index contributed by atoms with van der Waals surface area (Å²) in [7, 11) is 0. The summed E-state index contributed by atoms with van der Waals surface area (Å²) in [6.45, 7) is 1.78. The Bertz CT molecular complexity index is 638. The molecule has 98 valence electrons. The number of hydrazone groups is 1. The van der Waals surface area contributed by atoms with Gasteiger partial charge in [-0.15, -0.1) is 0 Å². The number of aryl methyl sites for hydroxylation is 1. The molecule has 0 unspecified atom stereocenters. The predicted octanol–water partition coefficient (Wildman–Crippen LogP) is 2.38. The van der Waals surface area contributed by atoms with Crippen molar-refractivity contribution in [1.29, 1.82) is 0 Å². The average Bonchev–Trinajstić information content (AvgIpc) is 2.80. The zero-order valence-electron chi connectivity index (χ0n) is 9.95. The average molecular weight is 325 g/mol. The third-order valence-corrected chi connectivity index (χ3v) is 2.76. The van der Waals surface area contributed by atoms with Crippen LogP contribution in [-0.4, -0.2) is 22.3 Å². The highest BCUT2D eigenvalue weighted by molar-refractivity contribution is 9.10. The van der Waals surface area contributed by atoms with Crippen LogP contribution in [0.4, 0.5) is 4.39 Å². The van der Waals surface area contributed by atoms with Gasteiger partial charge >= 0.3 is 0 Å². The third-order valence-electron chi connectivity index (χ3n) is 2.27. The van der Waals surface area contributed by atoms with Crippen LogP contribution in [0.1, 0.15) is 21.7 Å². The molecule has 1 heterocycles. The molecule has 0 aliphatic heterocycles. The molecule has 0 bridgehead atoms. The molecule has 0 atom stereocenters. The van der Waals surface area contributed by atoms with Crippen molar-refractivity contribution in [3.05, 3.63) is 51.5 Å². The van der Waals surface area contributed by atoms with Gasteiger partial charge in [-0.25, -0.2) is 9.82 Å². The normalized spacial score (nSPS) is 10.9. The highest BCUT2D eigenvalue weighted by Crippen LogP contribution is 2.13. The molecule has 5 nitrogen and oxygen atoms in total. The number of hydrogen-bond acceptors (Lipinski definition) is 3. The first-order chi connectivity index (χ1) is 9.06. The number of halogens is 2. The molecule has 0 saturated carbocycles. The molecular weight excluding hydrogens is 315 g/mol. The van der Waals surface area contributed by atoms with E-state index in [2.05, 4.69) is 36.7 Å². The van der Waals surface area contributed by atoms with Crippen molar-refractivity contribution in [3.8, 4) is 0 Å². The van der Waals surface area contributed by atoms with Gasteiger partial charge in [0.05, 0.1) is 6.21 Å². The Balaban J connectivity index is 2.04. The van der Waals surface area contributed by atoms with Crippen molar-refractivity contribution in [3.63, 3.8) is 0 Å². The van der Waals surface area contributed by atoms with Crippen molar-refractivity contribution in [2.45, 2.75) is 6.92 Å². The molecule has 2 N–H and O–H groups in total. The Hall–Kier alpha value is -2.02. The van der Waals surface area contributed by atoms with Gasteiger partial charge in [0.2, 0.25) is 0 Å². The van der Waals surface area contributed by atoms with Crippen molar-refractivity contribution in [1.82, 2.24) is 15.6 Å². The Kier molecular flexibility index (Phi) is 4.06. The minimum atomic E-state index is -0.462. The van der Waals surface area contributed by atoms with Crippen LogP contribution in [0.3, 0.4) is 0 Å². The van der Waals surface area contributed by atoms with Crippen LogP contribution in [0.2, 0.25) is 0 Å². The fourth-order valence-electron chi connectivity index (χ4n) is 1.37. The fraction of sp³-hybridized carbons (Fsp3) is 0.0833. The lowest BCUT2D eigenvalue weighted by molar-refractivity contribution is 0.0950. The van der Waals surface area contributed by atoms with E-state index in [1.54, 1.807) is 25.1 Å². The number of nitrogens with zero attached hydrogens (tertiary/aromatic N) is 2. The SMILES string of the molecule is Cc1cc(C(=O)N/N=C\c2cc(Br)ccc2F)n[nH]1. The number of carbonyl (C=O) groups excluding carboxylic acids is 1. The molecule has 0 aliphatic rings. The summed E-state index contributed by atoms with van der Waals surface area (Å²) >= 11 is 3.23.